The molecule has 0 amide bonds. The summed E-state index contributed by atoms with van der Waals surface area (Å²) in [6.45, 7) is 0. The lowest BCUT2D eigenvalue weighted by Crippen LogP contribution is -2.10. The summed E-state index contributed by atoms with van der Waals surface area (Å²) in [6.07, 6.45) is 0. The molecule has 0 saturated carbocycles. The Labute approximate surface area is 359 Å². The largest absolute Gasteiger partial charge is 0.456 e. The summed E-state index contributed by atoms with van der Waals surface area (Å²) >= 11 is 0. The van der Waals surface area contributed by atoms with E-state index in [0.717, 1.165) is 77.9 Å². The van der Waals surface area contributed by atoms with Gasteiger partial charge in [0.05, 0.1) is 11.1 Å². The fraction of sp³-hybridized carbons (Fsp3) is 0. The summed E-state index contributed by atoms with van der Waals surface area (Å²) in [5.74, 6) is 1.76. The van der Waals surface area contributed by atoms with Crippen LogP contribution in [0.5, 0.6) is 0 Å². The van der Waals surface area contributed by atoms with Crippen molar-refractivity contribution in [1.29, 1.82) is 0 Å². The molecule has 0 radical (unpaired) electrons. The molecule has 5 heteroatoms. The van der Waals surface area contributed by atoms with Gasteiger partial charge in [0, 0.05) is 33.5 Å². The van der Waals surface area contributed by atoms with E-state index in [1.54, 1.807) is 0 Å². The Morgan fingerprint density at radius 3 is 1.18 bits per heavy atom. The molecular weight excluding hydrogens is 757 g/mol. The third-order valence-corrected chi connectivity index (χ3v) is 11.4. The van der Waals surface area contributed by atoms with Crippen molar-refractivity contribution in [1.82, 2.24) is 15.0 Å². The van der Waals surface area contributed by atoms with Crippen LogP contribution in [-0.2, 0) is 0 Å². The first-order valence-electron chi connectivity index (χ1n) is 20.8. The van der Waals surface area contributed by atoms with Crippen LogP contribution in [0.4, 0.5) is 17.1 Å². The Hall–Kier alpha value is -8.41. The normalized spacial score (nSPS) is 11.2. The third-order valence-electron chi connectivity index (χ3n) is 11.4. The molecule has 2 aromatic heterocycles. The van der Waals surface area contributed by atoms with E-state index in [2.05, 4.69) is 205 Å². The average molecular weight is 795 g/mol. The van der Waals surface area contributed by atoms with E-state index in [0.29, 0.717) is 17.5 Å². The van der Waals surface area contributed by atoms with E-state index in [9.17, 15) is 0 Å². The number of anilines is 3. The van der Waals surface area contributed by atoms with Gasteiger partial charge in [-0.1, -0.05) is 182 Å². The number of hydrogen-bond acceptors (Lipinski definition) is 5. The molecule has 9 aromatic carbocycles. The van der Waals surface area contributed by atoms with Crippen LogP contribution in [-0.4, -0.2) is 15.0 Å². The Balaban J connectivity index is 1.01. The van der Waals surface area contributed by atoms with E-state index in [-0.39, 0.29) is 0 Å². The summed E-state index contributed by atoms with van der Waals surface area (Å²) in [4.78, 5) is 17.6. The lowest BCUT2D eigenvalue weighted by Gasteiger charge is -2.26. The van der Waals surface area contributed by atoms with Crippen LogP contribution in [0, 0.1) is 0 Å². The number of hydrogen-bond donors (Lipinski definition) is 0. The zero-order valence-electron chi connectivity index (χ0n) is 33.6. The second-order valence-corrected chi connectivity index (χ2v) is 15.2. The number of rotatable bonds is 9. The Morgan fingerprint density at radius 2 is 0.677 bits per heavy atom. The maximum absolute atomic E-state index is 6.70. The molecular formula is C57H38N4O. The van der Waals surface area contributed by atoms with Crippen molar-refractivity contribution in [2.45, 2.75) is 0 Å². The fourth-order valence-electron chi connectivity index (χ4n) is 8.22. The zero-order valence-corrected chi connectivity index (χ0v) is 33.6. The van der Waals surface area contributed by atoms with E-state index in [1.165, 1.54) is 11.1 Å². The molecule has 0 N–H and O–H groups in total. The number of furan rings is 1. The maximum Gasteiger partial charge on any atom is 0.164 e. The van der Waals surface area contributed by atoms with Gasteiger partial charge in [0.2, 0.25) is 0 Å². The van der Waals surface area contributed by atoms with Crippen molar-refractivity contribution in [3.8, 4) is 67.5 Å². The summed E-state index contributed by atoms with van der Waals surface area (Å²) in [7, 11) is 0. The number of nitrogens with zero attached hydrogens (tertiary/aromatic N) is 4. The van der Waals surface area contributed by atoms with Crippen LogP contribution in [0.1, 0.15) is 0 Å². The Bertz CT molecular complexity index is 3200. The minimum Gasteiger partial charge on any atom is -0.456 e. The van der Waals surface area contributed by atoms with E-state index < -0.39 is 0 Å². The molecule has 0 aliphatic heterocycles. The molecule has 0 spiro atoms. The predicted octanol–water partition coefficient (Wildman–Crippen LogP) is 15.2. The van der Waals surface area contributed by atoms with Gasteiger partial charge in [-0.2, -0.15) is 0 Å². The summed E-state index contributed by atoms with van der Waals surface area (Å²) in [6, 6.07) is 79.9. The van der Waals surface area contributed by atoms with Gasteiger partial charge >= 0.3 is 0 Å². The molecule has 292 valence electrons. The average Bonchev–Trinajstić information content (AvgIpc) is 3.74. The number of para-hydroxylation sites is 1. The molecule has 0 aliphatic rings. The summed E-state index contributed by atoms with van der Waals surface area (Å²) in [5, 5.41) is 2.03. The van der Waals surface area contributed by atoms with Crippen molar-refractivity contribution in [2.75, 3.05) is 4.90 Å². The van der Waals surface area contributed by atoms with Crippen LogP contribution < -0.4 is 4.90 Å². The smallest absolute Gasteiger partial charge is 0.164 e. The molecule has 11 rings (SSSR count). The van der Waals surface area contributed by atoms with Gasteiger partial charge in [0.15, 0.2) is 17.5 Å². The van der Waals surface area contributed by atoms with Crippen molar-refractivity contribution >= 4 is 39.0 Å². The lowest BCUT2D eigenvalue weighted by molar-refractivity contribution is 0.669. The standard InChI is InChI=1S/C57H38N4O/c1-5-14-39(15-6-1)42-24-28-45(29-25-42)55-58-56(46-30-26-43(27-31-46)40-16-7-2-8-17-40)60-57(59-55)47-34-37-50-53(38-47)62-52-23-13-22-51(54(50)52)61(48-20-11-4-12-21-48)49-35-32-44(33-36-49)41-18-9-3-10-19-41/h1-38H. The number of benzene rings is 9. The molecule has 0 bridgehead atoms. The second-order valence-electron chi connectivity index (χ2n) is 15.2. The number of aromatic nitrogens is 3. The van der Waals surface area contributed by atoms with Crippen LogP contribution >= 0.6 is 0 Å². The lowest BCUT2D eigenvalue weighted by atomic mass is 10.0. The highest BCUT2D eigenvalue weighted by atomic mass is 16.3. The molecule has 5 nitrogen and oxygen atoms in total. The van der Waals surface area contributed by atoms with Crippen molar-refractivity contribution in [2.24, 2.45) is 0 Å². The van der Waals surface area contributed by atoms with E-state index >= 15 is 0 Å². The maximum atomic E-state index is 6.70. The van der Waals surface area contributed by atoms with Crippen LogP contribution in [0.3, 0.4) is 0 Å². The molecule has 11 aromatic rings. The Kier molecular flexibility index (Phi) is 9.45. The highest BCUT2D eigenvalue weighted by molar-refractivity contribution is 6.14. The highest BCUT2D eigenvalue weighted by Gasteiger charge is 2.21. The quantitative estimate of drug-likeness (QED) is 0.146. The van der Waals surface area contributed by atoms with Crippen molar-refractivity contribution in [3.63, 3.8) is 0 Å². The van der Waals surface area contributed by atoms with Gasteiger partial charge in [0.25, 0.3) is 0 Å². The van der Waals surface area contributed by atoms with E-state index in [4.69, 9.17) is 19.4 Å². The second kappa shape index (κ2) is 16.0. The van der Waals surface area contributed by atoms with Gasteiger partial charge < -0.3 is 9.32 Å². The Morgan fingerprint density at radius 1 is 0.290 bits per heavy atom. The molecule has 62 heavy (non-hydrogen) atoms. The highest BCUT2D eigenvalue weighted by Crippen LogP contribution is 2.44. The van der Waals surface area contributed by atoms with Gasteiger partial charge in [-0.25, -0.2) is 15.0 Å². The van der Waals surface area contributed by atoms with Gasteiger partial charge in [-0.3, -0.25) is 0 Å². The summed E-state index contributed by atoms with van der Waals surface area (Å²) in [5.41, 5.74) is 14.2. The minimum atomic E-state index is 0.566. The first-order valence-corrected chi connectivity index (χ1v) is 20.8. The van der Waals surface area contributed by atoms with E-state index in [1.807, 2.05) is 30.3 Å². The van der Waals surface area contributed by atoms with Gasteiger partial charge in [-0.05, 0) is 81.9 Å². The fourth-order valence-corrected chi connectivity index (χ4v) is 8.22. The molecule has 0 unspecified atom stereocenters. The minimum absolute atomic E-state index is 0.566. The first-order chi connectivity index (χ1) is 30.7. The third kappa shape index (κ3) is 7.08. The van der Waals surface area contributed by atoms with Gasteiger partial charge in [0.1, 0.15) is 11.2 Å². The van der Waals surface area contributed by atoms with Crippen molar-refractivity contribution < 1.29 is 4.42 Å². The molecule has 0 fully saturated rings. The van der Waals surface area contributed by atoms with Crippen molar-refractivity contribution in [3.05, 3.63) is 231 Å². The zero-order chi connectivity index (χ0) is 41.2. The predicted molar refractivity (Wildman–Crippen MR) is 254 cm³/mol. The monoisotopic (exact) mass is 794 g/mol. The SMILES string of the molecule is c1ccc(-c2ccc(-c3nc(-c4ccc(-c5ccccc5)cc4)nc(-c4ccc5c(c4)oc4cccc(N(c6ccccc6)c6ccc(-c7ccccc7)cc6)c45)n3)cc2)cc1. The van der Waals surface area contributed by atoms with Crippen LogP contribution in [0.25, 0.3) is 89.5 Å². The van der Waals surface area contributed by atoms with Crippen LogP contribution in [0.2, 0.25) is 0 Å². The van der Waals surface area contributed by atoms with Gasteiger partial charge in [-0.15, -0.1) is 0 Å². The molecule has 2 heterocycles. The number of fused-ring (bicyclic) bond motifs is 3. The summed E-state index contributed by atoms with van der Waals surface area (Å²) < 4.78 is 6.70. The molecule has 0 saturated heterocycles. The molecule has 0 atom stereocenters. The van der Waals surface area contributed by atoms with Crippen LogP contribution in [0.15, 0.2) is 235 Å². The first kappa shape index (κ1) is 36.7. The topological polar surface area (TPSA) is 55.1 Å². The molecule has 0 aliphatic carbocycles.